The fourth-order valence-corrected chi connectivity index (χ4v) is 2.88. The maximum atomic E-state index is 13.3. The number of methoxy groups -OCH3 is 1. The molecule has 0 saturated carbocycles. The van der Waals surface area contributed by atoms with Crippen molar-refractivity contribution in [3.8, 4) is 0 Å². The maximum absolute atomic E-state index is 13.3. The Morgan fingerprint density at radius 3 is 1.72 bits per heavy atom. The first-order valence-corrected chi connectivity index (χ1v) is 8.41. The summed E-state index contributed by atoms with van der Waals surface area (Å²) in [5, 5.41) is 2.89. The summed E-state index contributed by atoms with van der Waals surface area (Å²) in [5.41, 5.74) is 0.820. The van der Waals surface area contributed by atoms with Gasteiger partial charge in [0.15, 0.2) is 0 Å². The molecule has 1 N–H and O–H groups in total. The lowest BCUT2D eigenvalue weighted by molar-refractivity contribution is -0.146. The number of nitrogens with one attached hydrogen (secondary N) is 1. The first kappa shape index (κ1) is 18.7. The van der Waals surface area contributed by atoms with E-state index in [4.69, 9.17) is 4.74 Å². The first-order valence-electron chi connectivity index (χ1n) is 8.41. The van der Waals surface area contributed by atoms with Gasteiger partial charge in [0.1, 0.15) is 6.04 Å². The third kappa shape index (κ3) is 3.90. The Labute approximate surface area is 149 Å². The van der Waals surface area contributed by atoms with Gasteiger partial charge in [0.2, 0.25) is 5.91 Å². The van der Waals surface area contributed by atoms with E-state index in [1.54, 1.807) is 0 Å². The molecule has 0 aromatic heterocycles. The number of benzene rings is 2. The third-order valence-corrected chi connectivity index (χ3v) is 4.56. The van der Waals surface area contributed by atoms with Crippen molar-refractivity contribution in [1.29, 1.82) is 0 Å². The maximum Gasteiger partial charge on any atom is 0.328 e. The van der Waals surface area contributed by atoms with Crippen LogP contribution in [0, 0.1) is 5.92 Å². The summed E-state index contributed by atoms with van der Waals surface area (Å²) in [5.74, 6) is -0.743. The Bertz CT molecular complexity index is 671. The Kier molecular flexibility index (Phi) is 5.97. The molecule has 0 fully saturated rings. The van der Waals surface area contributed by atoms with Crippen LogP contribution in [-0.4, -0.2) is 25.0 Å². The number of carbonyl (C=O) groups excluding carboxylic acids is 2. The summed E-state index contributed by atoms with van der Waals surface area (Å²) in [6.07, 6.45) is 0. The van der Waals surface area contributed by atoms with Crippen LogP contribution in [0.2, 0.25) is 0 Å². The van der Waals surface area contributed by atoms with E-state index in [1.807, 2.05) is 81.4 Å². The SMILES string of the molecule is COC(=O)[C@H](NC(=O)C(C)(c1ccccc1)c1ccccc1)C(C)C. The van der Waals surface area contributed by atoms with Gasteiger partial charge in [0.05, 0.1) is 12.5 Å². The molecule has 1 atom stereocenters. The molecule has 25 heavy (non-hydrogen) atoms. The summed E-state index contributed by atoms with van der Waals surface area (Å²) in [4.78, 5) is 25.3. The Morgan fingerprint density at radius 2 is 1.36 bits per heavy atom. The van der Waals surface area contributed by atoms with Crippen LogP contribution in [0.15, 0.2) is 60.7 Å². The van der Waals surface area contributed by atoms with Crippen molar-refractivity contribution in [2.75, 3.05) is 7.11 Å². The van der Waals surface area contributed by atoms with Crippen LogP contribution in [0.5, 0.6) is 0 Å². The molecule has 2 rings (SSSR count). The Balaban J connectivity index is 2.46. The van der Waals surface area contributed by atoms with Gasteiger partial charge in [0.25, 0.3) is 0 Å². The molecule has 132 valence electrons. The normalized spacial score (nSPS) is 12.5. The monoisotopic (exact) mass is 339 g/mol. The fraction of sp³-hybridized carbons (Fsp3) is 0.333. The lowest BCUT2D eigenvalue weighted by Crippen LogP contribution is -2.52. The molecule has 0 unspecified atom stereocenters. The van der Waals surface area contributed by atoms with Gasteiger partial charge in [-0.1, -0.05) is 74.5 Å². The number of rotatable bonds is 6. The van der Waals surface area contributed by atoms with Crippen molar-refractivity contribution in [2.24, 2.45) is 5.92 Å². The minimum Gasteiger partial charge on any atom is -0.467 e. The summed E-state index contributed by atoms with van der Waals surface area (Å²) in [6.45, 7) is 5.64. The van der Waals surface area contributed by atoms with Gasteiger partial charge in [-0.3, -0.25) is 4.79 Å². The highest BCUT2D eigenvalue weighted by Crippen LogP contribution is 2.32. The summed E-state index contributed by atoms with van der Waals surface area (Å²) in [6, 6.07) is 18.5. The van der Waals surface area contributed by atoms with Crippen molar-refractivity contribution < 1.29 is 14.3 Å². The van der Waals surface area contributed by atoms with Gasteiger partial charge in [-0.05, 0) is 24.0 Å². The number of esters is 1. The second kappa shape index (κ2) is 7.97. The van der Waals surface area contributed by atoms with Crippen LogP contribution < -0.4 is 5.32 Å². The molecule has 0 radical (unpaired) electrons. The van der Waals surface area contributed by atoms with Crippen LogP contribution >= 0.6 is 0 Å². The standard InChI is InChI=1S/C21H25NO3/c1-15(2)18(19(23)25-4)22-20(24)21(3,16-11-7-5-8-12-16)17-13-9-6-10-14-17/h5-15,18H,1-4H3,(H,22,24)/t18-/m1/s1. The van der Waals surface area contributed by atoms with Crippen LogP contribution in [0.4, 0.5) is 0 Å². The number of carbonyl (C=O) groups is 2. The van der Waals surface area contributed by atoms with Crippen LogP contribution in [-0.2, 0) is 19.7 Å². The van der Waals surface area contributed by atoms with Crippen LogP contribution in [0.25, 0.3) is 0 Å². The molecule has 0 bridgehead atoms. The van der Waals surface area contributed by atoms with Crippen LogP contribution in [0.1, 0.15) is 31.9 Å². The smallest absolute Gasteiger partial charge is 0.328 e. The van der Waals surface area contributed by atoms with Gasteiger partial charge < -0.3 is 10.1 Å². The highest BCUT2D eigenvalue weighted by molar-refractivity contribution is 5.94. The van der Waals surface area contributed by atoms with Crippen molar-refractivity contribution in [3.63, 3.8) is 0 Å². The third-order valence-electron chi connectivity index (χ3n) is 4.56. The number of hydrogen-bond donors (Lipinski definition) is 1. The van der Waals surface area contributed by atoms with E-state index in [-0.39, 0.29) is 11.8 Å². The second-order valence-electron chi connectivity index (χ2n) is 6.58. The highest BCUT2D eigenvalue weighted by atomic mass is 16.5. The van der Waals surface area contributed by atoms with Crippen molar-refractivity contribution in [1.82, 2.24) is 5.32 Å². The Morgan fingerprint density at radius 1 is 0.920 bits per heavy atom. The lowest BCUT2D eigenvalue weighted by atomic mass is 9.75. The average molecular weight is 339 g/mol. The van der Waals surface area contributed by atoms with Crippen molar-refractivity contribution >= 4 is 11.9 Å². The molecule has 0 aliphatic carbocycles. The topological polar surface area (TPSA) is 55.4 Å². The molecule has 0 saturated heterocycles. The van der Waals surface area contributed by atoms with Gasteiger partial charge in [-0.15, -0.1) is 0 Å². The van der Waals surface area contributed by atoms with E-state index < -0.39 is 17.4 Å². The molecule has 2 aromatic carbocycles. The molecule has 2 aromatic rings. The van der Waals surface area contributed by atoms with E-state index in [2.05, 4.69) is 5.32 Å². The van der Waals surface area contributed by atoms with Crippen molar-refractivity contribution in [2.45, 2.75) is 32.2 Å². The summed E-state index contributed by atoms with van der Waals surface area (Å²) in [7, 11) is 1.33. The molecular weight excluding hydrogens is 314 g/mol. The Hall–Kier alpha value is -2.62. The zero-order chi connectivity index (χ0) is 18.4. The molecule has 4 nitrogen and oxygen atoms in total. The van der Waals surface area contributed by atoms with Gasteiger partial charge in [-0.2, -0.15) is 0 Å². The minimum absolute atomic E-state index is 0.0767. The average Bonchev–Trinajstić information content (AvgIpc) is 2.65. The molecule has 0 heterocycles. The number of amides is 1. The van der Waals surface area contributed by atoms with Crippen molar-refractivity contribution in [3.05, 3.63) is 71.8 Å². The molecule has 1 amide bonds. The predicted molar refractivity (Wildman–Crippen MR) is 98.1 cm³/mol. The van der Waals surface area contributed by atoms with E-state index in [9.17, 15) is 9.59 Å². The summed E-state index contributed by atoms with van der Waals surface area (Å²) < 4.78 is 4.84. The predicted octanol–water partition coefficient (Wildman–Crippen LogP) is 3.31. The summed E-state index contributed by atoms with van der Waals surface area (Å²) >= 11 is 0. The first-order chi connectivity index (χ1) is 11.9. The van der Waals surface area contributed by atoms with E-state index in [0.717, 1.165) is 11.1 Å². The number of hydrogen-bond acceptors (Lipinski definition) is 3. The molecular formula is C21H25NO3. The van der Waals surface area contributed by atoms with Gasteiger partial charge >= 0.3 is 5.97 Å². The van der Waals surface area contributed by atoms with Gasteiger partial charge in [0, 0.05) is 0 Å². The fourth-order valence-electron chi connectivity index (χ4n) is 2.88. The minimum atomic E-state index is -0.913. The van der Waals surface area contributed by atoms with Gasteiger partial charge in [-0.25, -0.2) is 4.79 Å². The van der Waals surface area contributed by atoms with E-state index in [1.165, 1.54) is 7.11 Å². The molecule has 0 aliphatic heterocycles. The zero-order valence-corrected chi connectivity index (χ0v) is 15.2. The molecule has 0 spiro atoms. The quantitative estimate of drug-likeness (QED) is 0.822. The van der Waals surface area contributed by atoms with E-state index >= 15 is 0 Å². The molecule has 0 aliphatic rings. The highest BCUT2D eigenvalue weighted by Gasteiger charge is 2.39. The van der Waals surface area contributed by atoms with E-state index in [0.29, 0.717) is 0 Å². The lowest BCUT2D eigenvalue weighted by Gasteiger charge is -2.32. The van der Waals surface area contributed by atoms with Crippen LogP contribution in [0.3, 0.4) is 0 Å². The zero-order valence-electron chi connectivity index (χ0n) is 15.2. The second-order valence-corrected chi connectivity index (χ2v) is 6.58. The molecule has 4 heteroatoms. The number of ether oxygens (including phenoxy) is 1. The largest absolute Gasteiger partial charge is 0.467 e.